The average Bonchev–Trinajstić information content (AvgIpc) is 2.16. The summed E-state index contributed by atoms with van der Waals surface area (Å²) in [5, 5.41) is 0. The van der Waals surface area contributed by atoms with E-state index in [2.05, 4.69) is 22.6 Å². The van der Waals surface area contributed by atoms with Gasteiger partial charge in [-0.3, -0.25) is 9.59 Å². The van der Waals surface area contributed by atoms with Crippen molar-refractivity contribution in [2.45, 2.75) is 44.1 Å². The summed E-state index contributed by atoms with van der Waals surface area (Å²) >= 11 is 2.10. The first-order valence-electron chi connectivity index (χ1n) is 5.44. The van der Waals surface area contributed by atoms with Crippen LogP contribution >= 0.6 is 22.6 Å². The molecule has 0 aromatic rings. The Morgan fingerprint density at radius 2 is 2.00 bits per heavy atom. The van der Waals surface area contributed by atoms with Gasteiger partial charge in [-0.25, -0.2) is 0 Å². The quantitative estimate of drug-likeness (QED) is 0.406. The second kappa shape index (κ2) is 8.78. The van der Waals surface area contributed by atoms with Crippen molar-refractivity contribution in [1.82, 2.24) is 0 Å². The van der Waals surface area contributed by atoms with Crippen molar-refractivity contribution in [3.8, 4) is 0 Å². The van der Waals surface area contributed by atoms with Crippen LogP contribution in [-0.2, 0) is 19.1 Å². The Morgan fingerprint density at radius 1 is 1.38 bits per heavy atom. The standard InChI is InChI=1S/C11H19IO4/c1-4-15-10(14)7-5-6-8(2)11(12)16-9(3)13/h8,11H,4-7H2,1-3H3. The molecule has 0 saturated heterocycles. The lowest BCUT2D eigenvalue weighted by Crippen LogP contribution is -2.18. The van der Waals surface area contributed by atoms with E-state index in [9.17, 15) is 9.59 Å². The largest absolute Gasteiger partial charge is 0.466 e. The molecule has 0 N–H and O–H groups in total. The van der Waals surface area contributed by atoms with Crippen molar-refractivity contribution >= 4 is 34.5 Å². The van der Waals surface area contributed by atoms with Gasteiger partial charge in [0.2, 0.25) is 0 Å². The highest BCUT2D eigenvalue weighted by atomic mass is 127. The van der Waals surface area contributed by atoms with Gasteiger partial charge in [0.1, 0.15) is 0 Å². The van der Waals surface area contributed by atoms with Gasteiger partial charge in [-0.2, -0.15) is 0 Å². The van der Waals surface area contributed by atoms with Crippen LogP contribution in [0.4, 0.5) is 0 Å². The highest BCUT2D eigenvalue weighted by Gasteiger charge is 2.16. The number of alkyl halides is 1. The van der Waals surface area contributed by atoms with Crippen LogP contribution in [-0.4, -0.2) is 22.7 Å². The second-order valence-corrected chi connectivity index (χ2v) is 4.86. The number of carbonyl (C=O) groups is 2. The summed E-state index contributed by atoms with van der Waals surface area (Å²) in [4.78, 5) is 21.8. The lowest BCUT2D eigenvalue weighted by molar-refractivity contribution is -0.145. The van der Waals surface area contributed by atoms with Crippen LogP contribution in [0, 0.1) is 5.92 Å². The van der Waals surface area contributed by atoms with Crippen molar-refractivity contribution in [2.24, 2.45) is 5.92 Å². The molecular weight excluding hydrogens is 323 g/mol. The Labute approximate surface area is 110 Å². The van der Waals surface area contributed by atoms with Crippen LogP contribution in [0.15, 0.2) is 0 Å². The summed E-state index contributed by atoms with van der Waals surface area (Å²) in [7, 11) is 0. The van der Waals surface area contributed by atoms with Gasteiger partial charge in [-0.1, -0.05) is 6.92 Å². The van der Waals surface area contributed by atoms with Gasteiger partial charge in [0.05, 0.1) is 6.61 Å². The normalized spacial score (nSPS) is 14.0. The monoisotopic (exact) mass is 342 g/mol. The Balaban J connectivity index is 3.67. The SMILES string of the molecule is CCOC(=O)CCCC(C)C(I)OC(C)=O. The highest BCUT2D eigenvalue weighted by molar-refractivity contribution is 14.1. The van der Waals surface area contributed by atoms with Crippen molar-refractivity contribution < 1.29 is 19.1 Å². The van der Waals surface area contributed by atoms with Gasteiger partial charge in [0, 0.05) is 19.3 Å². The molecule has 0 aliphatic carbocycles. The summed E-state index contributed by atoms with van der Waals surface area (Å²) in [6.07, 6.45) is 2.04. The molecule has 0 aromatic carbocycles. The molecule has 16 heavy (non-hydrogen) atoms. The van der Waals surface area contributed by atoms with E-state index in [-0.39, 0.29) is 22.0 Å². The molecule has 0 aliphatic heterocycles. The number of ether oxygens (including phenoxy) is 2. The summed E-state index contributed by atoms with van der Waals surface area (Å²) in [5.41, 5.74) is 0. The van der Waals surface area contributed by atoms with Gasteiger partial charge >= 0.3 is 11.9 Å². The topological polar surface area (TPSA) is 52.6 Å². The lowest BCUT2D eigenvalue weighted by atomic mass is 10.1. The minimum Gasteiger partial charge on any atom is -0.466 e. The van der Waals surface area contributed by atoms with Crippen molar-refractivity contribution in [3.05, 3.63) is 0 Å². The molecular formula is C11H19IO4. The Hall–Kier alpha value is -0.330. The van der Waals surface area contributed by atoms with E-state index in [1.807, 2.05) is 6.92 Å². The van der Waals surface area contributed by atoms with Gasteiger partial charge in [-0.05, 0) is 42.4 Å². The first kappa shape index (κ1) is 15.7. The molecule has 0 spiro atoms. The number of hydrogen-bond acceptors (Lipinski definition) is 4. The van der Waals surface area contributed by atoms with Crippen LogP contribution in [0.1, 0.15) is 40.0 Å². The van der Waals surface area contributed by atoms with Gasteiger partial charge in [0.25, 0.3) is 0 Å². The third kappa shape index (κ3) is 7.90. The number of carbonyl (C=O) groups excluding carboxylic acids is 2. The van der Waals surface area contributed by atoms with E-state index in [0.717, 1.165) is 12.8 Å². The van der Waals surface area contributed by atoms with E-state index in [1.54, 1.807) is 6.92 Å². The fourth-order valence-electron chi connectivity index (χ4n) is 1.21. The van der Waals surface area contributed by atoms with Crippen molar-refractivity contribution in [3.63, 3.8) is 0 Å². The average molecular weight is 342 g/mol. The fraction of sp³-hybridized carbons (Fsp3) is 0.818. The number of halogens is 1. The molecule has 0 fully saturated rings. The van der Waals surface area contributed by atoms with Crippen LogP contribution in [0.5, 0.6) is 0 Å². The highest BCUT2D eigenvalue weighted by Crippen LogP contribution is 2.20. The zero-order valence-electron chi connectivity index (χ0n) is 9.99. The minimum atomic E-state index is -0.267. The number of esters is 2. The Bertz CT molecular complexity index is 230. The van der Waals surface area contributed by atoms with E-state index >= 15 is 0 Å². The predicted molar refractivity (Wildman–Crippen MR) is 69.2 cm³/mol. The molecule has 4 nitrogen and oxygen atoms in total. The summed E-state index contributed by atoms with van der Waals surface area (Å²) < 4.78 is 9.74. The minimum absolute atomic E-state index is 0.128. The fourth-order valence-corrected chi connectivity index (χ4v) is 1.92. The van der Waals surface area contributed by atoms with E-state index in [0.29, 0.717) is 13.0 Å². The molecule has 0 saturated carbocycles. The molecule has 0 amide bonds. The summed E-state index contributed by atoms with van der Waals surface area (Å²) in [5.74, 6) is -0.178. The van der Waals surface area contributed by atoms with E-state index in [1.165, 1.54) is 6.92 Å². The van der Waals surface area contributed by atoms with Crippen molar-refractivity contribution in [1.29, 1.82) is 0 Å². The van der Waals surface area contributed by atoms with Crippen molar-refractivity contribution in [2.75, 3.05) is 6.61 Å². The van der Waals surface area contributed by atoms with Gasteiger partial charge in [0.15, 0.2) is 4.11 Å². The third-order valence-corrected chi connectivity index (χ3v) is 3.55. The molecule has 0 aliphatic rings. The van der Waals surface area contributed by atoms with Crippen LogP contribution < -0.4 is 0 Å². The first-order chi connectivity index (χ1) is 7.47. The zero-order chi connectivity index (χ0) is 12.6. The second-order valence-electron chi connectivity index (χ2n) is 3.64. The zero-order valence-corrected chi connectivity index (χ0v) is 12.2. The molecule has 2 atom stereocenters. The van der Waals surface area contributed by atoms with Crippen LogP contribution in [0.3, 0.4) is 0 Å². The molecule has 0 heterocycles. The van der Waals surface area contributed by atoms with Gasteiger partial charge in [-0.15, -0.1) is 0 Å². The summed E-state index contributed by atoms with van der Waals surface area (Å²) in [6.45, 7) is 5.63. The Morgan fingerprint density at radius 3 is 2.50 bits per heavy atom. The first-order valence-corrected chi connectivity index (χ1v) is 6.68. The molecule has 0 radical (unpaired) electrons. The van der Waals surface area contributed by atoms with Crippen LogP contribution in [0.2, 0.25) is 0 Å². The third-order valence-electron chi connectivity index (χ3n) is 2.07. The van der Waals surface area contributed by atoms with E-state index < -0.39 is 0 Å². The predicted octanol–water partition coefficient (Wildman–Crippen LogP) is 2.68. The lowest BCUT2D eigenvalue weighted by Gasteiger charge is -2.17. The Kier molecular flexibility index (Phi) is 8.60. The molecule has 0 aromatic heterocycles. The van der Waals surface area contributed by atoms with E-state index in [4.69, 9.17) is 9.47 Å². The molecule has 0 bridgehead atoms. The maximum absolute atomic E-state index is 11.1. The maximum atomic E-state index is 11.1. The molecule has 94 valence electrons. The summed E-state index contributed by atoms with van der Waals surface area (Å²) in [6, 6.07) is 0. The molecule has 2 unspecified atom stereocenters. The smallest absolute Gasteiger partial charge is 0.305 e. The maximum Gasteiger partial charge on any atom is 0.305 e. The van der Waals surface area contributed by atoms with Crippen LogP contribution in [0.25, 0.3) is 0 Å². The number of hydrogen-bond donors (Lipinski definition) is 0. The molecule has 0 rings (SSSR count). The van der Waals surface area contributed by atoms with Gasteiger partial charge < -0.3 is 9.47 Å². The molecule has 5 heteroatoms. The number of rotatable bonds is 7.